The molecule has 0 fully saturated rings. The molecule has 2 rings (SSSR count). The van der Waals surface area contributed by atoms with Gasteiger partial charge in [-0.05, 0) is 41.5 Å². The maximum atomic E-state index is 13.1. The molecule has 0 bridgehead atoms. The Hall–Kier alpha value is -1.13. The molecule has 3 nitrogen and oxygen atoms in total. The van der Waals surface area contributed by atoms with E-state index in [4.69, 9.17) is 5.73 Å². The fourth-order valence-electron chi connectivity index (χ4n) is 2.39. The number of aryl methyl sites for hydroxylation is 1. The quantitative estimate of drug-likeness (QED) is 0.882. The summed E-state index contributed by atoms with van der Waals surface area (Å²) in [6.45, 7) is 5.82. The number of hydrogen-bond donors (Lipinski definition) is 2. The lowest BCUT2D eigenvalue weighted by Crippen LogP contribution is -2.49. The number of rotatable bonds is 2. The predicted octanol–water partition coefficient (Wildman–Crippen LogP) is 2.72. The first-order valence-electron chi connectivity index (χ1n) is 6.63. The molecule has 1 aliphatic rings. The maximum Gasteiger partial charge on any atom is 0.237 e. The van der Waals surface area contributed by atoms with Crippen molar-refractivity contribution in [3.05, 3.63) is 35.1 Å². The van der Waals surface area contributed by atoms with Crippen LogP contribution >= 0.6 is 12.4 Å². The van der Waals surface area contributed by atoms with Gasteiger partial charge in [0.1, 0.15) is 5.82 Å². The van der Waals surface area contributed by atoms with Crippen LogP contribution in [0.2, 0.25) is 0 Å². The van der Waals surface area contributed by atoms with Crippen LogP contribution < -0.4 is 11.1 Å². The number of carbonyl (C=O) groups excluding carboxylic acids is 1. The number of carbonyl (C=O) groups is 1. The molecule has 5 heteroatoms. The Morgan fingerprint density at radius 3 is 2.70 bits per heavy atom. The van der Waals surface area contributed by atoms with Gasteiger partial charge in [-0.2, -0.15) is 0 Å². The Kier molecular flexibility index (Phi) is 5.16. The largest absolute Gasteiger partial charge is 0.348 e. The minimum absolute atomic E-state index is 0. The van der Waals surface area contributed by atoms with Gasteiger partial charge in [-0.1, -0.05) is 26.8 Å². The van der Waals surface area contributed by atoms with Crippen LogP contribution in [0.15, 0.2) is 18.2 Å². The van der Waals surface area contributed by atoms with Crippen molar-refractivity contribution in [3.63, 3.8) is 0 Å². The first-order valence-corrected chi connectivity index (χ1v) is 6.63. The van der Waals surface area contributed by atoms with E-state index in [1.807, 2.05) is 20.8 Å². The van der Waals surface area contributed by atoms with Crippen molar-refractivity contribution in [3.8, 4) is 0 Å². The summed E-state index contributed by atoms with van der Waals surface area (Å²) in [4.78, 5) is 12.1. The lowest BCUT2D eigenvalue weighted by molar-refractivity contribution is -0.125. The highest BCUT2D eigenvalue weighted by atomic mass is 35.5. The number of nitrogens with two attached hydrogens (primary N) is 1. The first-order chi connectivity index (χ1) is 8.79. The summed E-state index contributed by atoms with van der Waals surface area (Å²) in [5.41, 5.74) is 7.67. The summed E-state index contributed by atoms with van der Waals surface area (Å²) < 4.78 is 13.1. The minimum atomic E-state index is -0.544. The molecule has 0 radical (unpaired) electrons. The molecule has 2 atom stereocenters. The molecule has 0 aliphatic heterocycles. The van der Waals surface area contributed by atoms with Crippen molar-refractivity contribution < 1.29 is 9.18 Å². The Bertz CT molecular complexity index is 499. The van der Waals surface area contributed by atoms with E-state index in [1.54, 1.807) is 12.1 Å². The predicted molar refractivity (Wildman–Crippen MR) is 80.3 cm³/mol. The van der Waals surface area contributed by atoms with Crippen LogP contribution in [0, 0.1) is 11.2 Å². The molecule has 112 valence electrons. The van der Waals surface area contributed by atoms with Gasteiger partial charge in [0, 0.05) is 0 Å². The normalized spacial score (nSPS) is 18.9. The van der Waals surface area contributed by atoms with E-state index >= 15 is 0 Å². The van der Waals surface area contributed by atoms with Gasteiger partial charge in [0.2, 0.25) is 5.91 Å². The molecule has 3 N–H and O–H groups in total. The third kappa shape index (κ3) is 3.49. The van der Waals surface area contributed by atoms with Crippen LogP contribution in [-0.4, -0.2) is 11.9 Å². The zero-order valence-electron chi connectivity index (χ0n) is 12.1. The molecular weight excluding hydrogens is 279 g/mol. The summed E-state index contributed by atoms with van der Waals surface area (Å²) in [6.07, 6.45) is 1.60. The van der Waals surface area contributed by atoms with Crippen molar-refractivity contribution >= 4 is 18.3 Å². The van der Waals surface area contributed by atoms with Gasteiger partial charge in [0.25, 0.3) is 0 Å². The van der Waals surface area contributed by atoms with Crippen LogP contribution in [-0.2, 0) is 11.2 Å². The lowest BCUT2D eigenvalue weighted by atomic mass is 9.86. The summed E-state index contributed by atoms with van der Waals surface area (Å²) >= 11 is 0. The Balaban J connectivity index is 0.00000200. The molecular formula is C15H22ClFN2O. The molecule has 1 aliphatic carbocycles. The van der Waals surface area contributed by atoms with Gasteiger partial charge in [0.05, 0.1) is 12.1 Å². The van der Waals surface area contributed by atoms with E-state index < -0.39 is 6.04 Å². The molecule has 1 unspecified atom stereocenters. The molecule has 20 heavy (non-hydrogen) atoms. The molecule has 0 spiro atoms. The maximum absolute atomic E-state index is 13.1. The monoisotopic (exact) mass is 300 g/mol. The molecule has 1 aromatic carbocycles. The second-order valence-corrected chi connectivity index (χ2v) is 6.29. The first kappa shape index (κ1) is 16.9. The fourth-order valence-corrected chi connectivity index (χ4v) is 2.39. The second kappa shape index (κ2) is 6.10. The van der Waals surface area contributed by atoms with E-state index in [0.717, 1.165) is 24.0 Å². The summed E-state index contributed by atoms with van der Waals surface area (Å²) in [7, 11) is 0. The van der Waals surface area contributed by atoms with Crippen LogP contribution in [0.25, 0.3) is 0 Å². The highest BCUT2D eigenvalue weighted by Crippen LogP contribution is 2.32. The number of fused-ring (bicyclic) bond motifs is 1. The third-order valence-electron chi connectivity index (χ3n) is 3.71. The number of nitrogens with one attached hydrogen (secondary N) is 1. The van der Waals surface area contributed by atoms with Crippen molar-refractivity contribution in [1.82, 2.24) is 5.32 Å². The second-order valence-electron chi connectivity index (χ2n) is 6.29. The van der Waals surface area contributed by atoms with Gasteiger partial charge < -0.3 is 11.1 Å². The standard InChI is InChI=1S/C15H21FN2O.ClH/c1-15(2,3)13(17)14(19)18-12-7-4-9-8-10(16)5-6-11(9)12;/h5-6,8,12-13H,4,7,17H2,1-3H3,(H,18,19);1H/t12?,13-;/m1./s1. The van der Waals surface area contributed by atoms with Crippen LogP contribution in [0.5, 0.6) is 0 Å². The number of amides is 1. The molecule has 0 saturated carbocycles. The molecule has 0 saturated heterocycles. The van der Waals surface area contributed by atoms with E-state index in [9.17, 15) is 9.18 Å². The Morgan fingerprint density at radius 1 is 1.45 bits per heavy atom. The van der Waals surface area contributed by atoms with E-state index in [1.165, 1.54) is 6.07 Å². The van der Waals surface area contributed by atoms with Crippen LogP contribution in [0.1, 0.15) is 44.4 Å². The molecule has 0 heterocycles. The minimum Gasteiger partial charge on any atom is -0.348 e. The van der Waals surface area contributed by atoms with E-state index in [-0.39, 0.29) is 35.6 Å². The molecule has 1 amide bonds. The zero-order chi connectivity index (χ0) is 14.2. The average Bonchev–Trinajstić information content (AvgIpc) is 2.69. The van der Waals surface area contributed by atoms with Gasteiger partial charge in [-0.15, -0.1) is 12.4 Å². The number of benzene rings is 1. The average molecular weight is 301 g/mol. The number of hydrogen-bond acceptors (Lipinski definition) is 2. The van der Waals surface area contributed by atoms with Crippen LogP contribution in [0.3, 0.4) is 0 Å². The Morgan fingerprint density at radius 2 is 2.10 bits per heavy atom. The zero-order valence-corrected chi connectivity index (χ0v) is 12.9. The smallest absolute Gasteiger partial charge is 0.237 e. The molecule has 0 aromatic heterocycles. The SMILES string of the molecule is CC(C)(C)[C@H](N)C(=O)NC1CCc2cc(F)ccc21.Cl. The summed E-state index contributed by atoms with van der Waals surface area (Å²) in [6, 6.07) is 4.15. The van der Waals surface area contributed by atoms with Gasteiger partial charge in [0.15, 0.2) is 0 Å². The van der Waals surface area contributed by atoms with Crippen LogP contribution in [0.4, 0.5) is 4.39 Å². The van der Waals surface area contributed by atoms with E-state index in [2.05, 4.69) is 5.32 Å². The lowest BCUT2D eigenvalue weighted by Gasteiger charge is -2.27. The third-order valence-corrected chi connectivity index (χ3v) is 3.71. The van der Waals surface area contributed by atoms with E-state index in [0.29, 0.717) is 0 Å². The van der Waals surface area contributed by atoms with Gasteiger partial charge in [-0.25, -0.2) is 4.39 Å². The van der Waals surface area contributed by atoms with Gasteiger partial charge in [-0.3, -0.25) is 4.79 Å². The molecule has 1 aromatic rings. The van der Waals surface area contributed by atoms with Crippen molar-refractivity contribution in [1.29, 1.82) is 0 Å². The van der Waals surface area contributed by atoms with Gasteiger partial charge >= 0.3 is 0 Å². The fraction of sp³-hybridized carbons (Fsp3) is 0.533. The highest BCUT2D eigenvalue weighted by molar-refractivity contribution is 5.85. The van der Waals surface area contributed by atoms with Crippen molar-refractivity contribution in [2.45, 2.75) is 45.7 Å². The summed E-state index contributed by atoms with van der Waals surface area (Å²) in [5, 5.41) is 2.97. The van der Waals surface area contributed by atoms with Crippen molar-refractivity contribution in [2.24, 2.45) is 11.1 Å². The number of halogens is 2. The topological polar surface area (TPSA) is 55.1 Å². The highest BCUT2D eigenvalue weighted by Gasteiger charge is 2.31. The summed E-state index contributed by atoms with van der Waals surface area (Å²) in [5.74, 6) is -0.369. The Labute approximate surface area is 125 Å². The van der Waals surface area contributed by atoms with Crippen molar-refractivity contribution in [2.75, 3.05) is 0 Å².